The molecule has 8 heteroatoms. The first-order valence-electron chi connectivity index (χ1n) is 11.0. The molecule has 1 atom stereocenters. The van der Waals surface area contributed by atoms with E-state index < -0.39 is 5.92 Å². The molecule has 3 aromatic rings. The van der Waals surface area contributed by atoms with Gasteiger partial charge in [0.1, 0.15) is 5.82 Å². The highest BCUT2D eigenvalue weighted by Crippen LogP contribution is 2.48. The molecule has 0 spiro atoms. The van der Waals surface area contributed by atoms with Crippen molar-refractivity contribution in [3.63, 3.8) is 0 Å². The molecule has 1 aromatic heterocycles. The Hall–Kier alpha value is -2.54. The Morgan fingerprint density at radius 3 is 2.56 bits per heavy atom. The van der Waals surface area contributed by atoms with Gasteiger partial charge in [-0.1, -0.05) is 85.2 Å². The van der Waals surface area contributed by atoms with Gasteiger partial charge in [-0.25, -0.2) is 4.98 Å². The molecule has 0 fully saturated rings. The van der Waals surface area contributed by atoms with Crippen LogP contribution in [0.3, 0.4) is 0 Å². The summed E-state index contributed by atoms with van der Waals surface area (Å²) in [6.45, 7) is 4.15. The van der Waals surface area contributed by atoms with Crippen LogP contribution in [-0.4, -0.2) is 15.8 Å². The molecule has 2 aromatic carbocycles. The topological polar surface area (TPSA) is 74.8 Å². The van der Waals surface area contributed by atoms with E-state index in [2.05, 4.69) is 24.1 Å². The van der Waals surface area contributed by atoms with Crippen molar-refractivity contribution in [2.45, 2.75) is 43.5 Å². The maximum absolute atomic E-state index is 13.4. The van der Waals surface area contributed by atoms with E-state index in [1.807, 2.05) is 36.4 Å². The Morgan fingerprint density at radius 2 is 1.82 bits per heavy atom. The summed E-state index contributed by atoms with van der Waals surface area (Å²) in [5, 5.41) is 4.67. The highest BCUT2D eigenvalue weighted by atomic mass is 35.5. The van der Waals surface area contributed by atoms with Crippen molar-refractivity contribution < 1.29 is 4.79 Å². The lowest BCUT2D eigenvalue weighted by atomic mass is 9.69. The summed E-state index contributed by atoms with van der Waals surface area (Å²) in [5.41, 5.74) is 3.29. The van der Waals surface area contributed by atoms with E-state index in [9.17, 15) is 9.59 Å². The Morgan fingerprint density at radius 1 is 1.06 bits per heavy atom. The van der Waals surface area contributed by atoms with Crippen molar-refractivity contribution in [1.29, 1.82) is 0 Å². The second kappa shape index (κ2) is 8.91. The maximum Gasteiger partial charge on any atom is 0.257 e. The second-order valence-corrected chi connectivity index (χ2v) is 11.3. The fourth-order valence-electron chi connectivity index (χ4n) is 4.71. The lowest BCUT2D eigenvalue weighted by Crippen LogP contribution is -2.37. The number of allylic oxidation sites excluding steroid dienone is 2. The van der Waals surface area contributed by atoms with Crippen LogP contribution < -0.4 is 10.9 Å². The van der Waals surface area contributed by atoms with E-state index in [0.29, 0.717) is 50.8 Å². The van der Waals surface area contributed by atoms with Crippen molar-refractivity contribution >= 4 is 46.6 Å². The first-order valence-corrected chi connectivity index (χ1v) is 12.8. The minimum atomic E-state index is -0.561. The van der Waals surface area contributed by atoms with Gasteiger partial charge in [0.05, 0.1) is 15.6 Å². The number of halogens is 2. The van der Waals surface area contributed by atoms with Crippen molar-refractivity contribution in [2.75, 3.05) is 5.32 Å². The predicted molar refractivity (Wildman–Crippen MR) is 138 cm³/mol. The Bertz CT molecular complexity index is 1380. The van der Waals surface area contributed by atoms with Crippen LogP contribution >= 0.6 is 35.0 Å². The van der Waals surface area contributed by atoms with Gasteiger partial charge < -0.3 is 10.3 Å². The van der Waals surface area contributed by atoms with Gasteiger partial charge in [-0.15, -0.1) is 0 Å². The number of fused-ring (bicyclic) bond motifs is 1. The molecule has 174 valence electrons. The average Bonchev–Trinajstić information content (AvgIpc) is 2.78. The molecule has 0 amide bonds. The number of thioether (sulfide) groups is 1. The van der Waals surface area contributed by atoms with Crippen LogP contribution in [0.2, 0.25) is 10.0 Å². The smallest absolute Gasteiger partial charge is 0.257 e. The van der Waals surface area contributed by atoms with Crippen molar-refractivity contribution in [3.8, 4) is 0 Å². The molecule has 34 heavy (non-hydrogen) atoms. The highest BCUT2D eigenvalue weighted by molar-refractivity contribution is 7.98. The van der Waals surface area contributed by atoms with E-state index in [-0.39, 0.29) is 16.8 Å². The van der Waals surface area contributed by atoms with Crippen LogP contribution in [0.15, 0.2) is 69.8 Å². The van der Waals surface area contributed by atoms with Crippen LogP contribution in [0, 0.1) is 5.41 Å². The van der Waals surface area contributed by atoms with Gasteiger partial charge >= 0.3 is 0 Å². The number of hydrogen-bond donors (Lipinski definition) is 2. The highest BCUT2D eigenvalue weighted by Gasteiger charge is 2.42. The molecule has 0 saturated carbocycles. The van der Waals surface area contributed by atoms with Gasteiger partial charge in [-0.2, -0.15) is 0 Å². The van der Waals surface area contributed by atoms with Crippen LogP contribution in [0.4, 0.5) is 5.82 Å². The number of anilines is 1. The lowest BCUT2D eigenvalue weighted by Gasteiger charge is -2.38. The quantitative estimate of drug-likeness (QED) is 0.306. The third-order valence-electron chi connectivity index (χ3n) is 6.20. The fraction of sp³-hybridized carbons (Fsp3) is 0.269. The monoisotopic (exact) mass is 511 g/mol. The van der Waals surface area contributed by atoms with Gasteiger partial charge in [0.2, 0.25) is 0 Å². The molecule has 0 saturated heterocycles. The largest absolute Gasteiger partial charge is 0.343 e. The molecule has 2 aliphatic rings. The molecule has 1 unspecified atom stereocenters. The van der Waals surface area contributed by atoms with Crippen molar-refractivity contribution in [2.24, 2.45) is 5.41 Å². The summed E-state index contributed by atoms with van der Waals surface area (Å²) in [4.78, 5) is 34.4. The first-order chi connectivity index (χ1) is 16.2. The summed E-state index contributed by atoms with van der Waals surface area (Å²) in [6, 6.07) is 15.3. The molecule has 1 aliphatic heterocycles. The molecule has 5 nitrogen and oxygen atoms in total. The van der Waals surface area contributed by atoms with Crippen LogP contribution in [-0.2, 0) is 10.5 Å². The normalized spacial score (nSPS) is 18.8. The zero-order chi connectivity index (χ0) is 24.0. The fourth-order valence-corrected chi connectivity index (χ4v) is 5.84. The first kappa shape index (κ1) is 23.2. The second-order valence-electron chi connectivity index (χ2n) is 9.47. The summed E-state index contributed by atoms with van der Waals surface area (Å²) < 4.78 is 0. The number of Topliss-reactive ketones (excluding diaryl/α,β-unsaturated/α-hetero) is 1. The number of nitrogens with one attached hydrogen (secondary N) is 2. The Balaban J connectivity index is 1.61. The summed E-state index contributed by atoms with van der Waals surface area (Å²) in [7, 11) is 0. The van der Waals surface area contributed by atoms with Gasteiger partial charge in [-0.3, -0.25) is 9.59 Å². The summed E-state index contributed by atoms with van der Waals surface area (Å²) in [5.74, 6) is 0.634. The SMILES string of the molecule is CC1(C)CC(=O)C2=C(C1)Nc1nc(SCc3ccccc3)[nH]c(=O)c1C2c1ccc(Cl)c(Cl)c1. The van der Waals surface area contributed by atoms with E-state index in [0.717, 1.165) is 16.8 Å². The summed E-state index contributed by atoms with van der Waals surface area (Å²) >= 11 is 13.9. The zero-order valence-electron chi connectivity index (χ0n) is 18.7. The molecule has 2 N–H and O–H groups in total. The van der Waals surface area contributed by atoms with Crippen molar-refractivity contribution in [3.05, 3.63) is 96.9 Å². The van der Waals surface area contributed by atoms with E-state index in [1.165, 1.54) is 11.8 Å². The number of H-pyrrole nitrogens is 1. The Kier molecular flexibility index (Phi) is 6.09. The zero-order valence-corrected chi connectivity index (χ0v) is 21.1. The number of benzene rings is 2. The maximum atomic E-state index is 13.4. The van der Waals surface area contributed by atoms with Gasteiger partial charge in [-0.05, 0) is 35.1 Å². The number of aromatic nitrogens is 2. The predicted octanol–water partition coefficient (Wildman–Crippen LogP) is 6.57. The molecular formula is C26H23Cl2N3O2S. The van der Waals surface area contributed by atoms with Crippen LogP contribution in [0.25, 0.3) is 0 Å². The van der Waals surface area contributed by atoms with Gasteiger partial charge in [0, 0.05) is 29.4 Å². The number of carbonyl (C=O) groups excluding carboxylic acids is 1. The van der Waals surface area contributed by atoms with Crippen molar-refractivity contribution in [1.82, 2.24) is 9.97 Å². The molecule has 2 heterocycles. The molecule has 1 aliphatic carbocycles. The molecule has 5 rings (SSSR count). The van der Waals surface area contributed by atoms with Gasteiger partial charge in [0.15, 0.2) is 10.9 Å². The van der Waals surface area contributed by atoms with E-state index >= 15 is 0 Å². The standard InChI is InChI=1S/C26H23Cl2N3O2S/c1-26(2)11-18-21(19(32)12-26)20(15-8-9-16(27)17(28)10-15)22-23(29-18)30-25(31-24(22)33)34-13-14-6-4-3-5-7-14/h3-10,20H,11-13H2,1-2H3,(H2,29,30,31,33). The minimum Gasteiger partial charge on any atom is -0.343 e. The minimum absolute atomic E-state index is 0.0300. The third kappa shape index (κ3) is 4.42. The molecule has 0 bridgehead atoms. The molecular weight excluding hydrogens is 489 g/mol. The number of carbonyl (C=O) groups is 1. The molecule has 0 radical (unpaired) electrons. The van der Waals surface area contributed by atoms with E-state index in [4.69, 9.17) is 28.2 Å². The Labute approximate surface area is 212 Å². The number of rotatable bonds is 4. The lowest BCUT2D eigenvalue weighted by molar-refractivity contribution is -0.118. The van der Waals surface area contributed by atoms with Crippen LogP contribution in [0.5, 0.6) is 0 Å². The number of hydrogen-bond acceptors (Lipinski definition) is 5. The average molecular weight is 512 g/mol. The number of ketones is 1. The number of aromatic amines is 1. The van der Waals surface area contributed by atoms with E-state index in [1.54, 1.807) is 12.1 Å². The summed E-state index contributed by atoms with van der Waals surface area (Å²) in [6.07, 6.45) is 1.10. The third-order valence-corrected chi connectivity index (χ3v) is 7.88. The number of nitrogens with zero attached hydrogens (tertiary/aromatic N) is 1. The van der Waals surface area contributed by atoms with Crippen LogP contribution in [0.1, 0.15) is 49.3 Å². The van der Waals surface area contributed by atoms with Gasteiger partial charge in [0.25, 0.3) is 5.56 Å².